The van der Waals surface area contributed by atoms with Crippen molar-refractivity contribution in [1.29, 1.82) is 0 Å². The molecule has 4 nitrogen and oxygen atoms in total. The molecule has 1 aromatic heterocycles. The summed E-state index contributed by atoms with van der Waals surface area (Å²) in [5.41, 5.74) is 6.83. The molecule has 0 saturated heterocycles. The van der Waals surface area contributed by atoms with Crippen molar-refractivity contribution in [3.63, 3.8) is 0 Å². The van der Waals surface area contributed by atoms with E-state index in [9.17, 15) is 5.11 Å². The van der Waals surface area contributed by atoms with Crippen LogP contribution in [0.5, 0.6) is 0 Å². The Balaban J connectivity index is 3.08. The standard InChI is InChI=1S/C8H14ClN3O/c1-4(2)7-6(5(13)3-10)8(9)12-11-7/h4-5,13H,3,10H2,1-2H3,(H,11,12). The van der Waals surface area contributed by atoms with Crippen LogP contribution >= 0.6 is 11.6 Å². The van der Waals surface area contributed by atoms with Gasteiger partial charge in [-0.3, -0.25) is 5.10 Å². The summed E-state index contributed by atoms with van der Waals surface area (Å²) in [5, 5.41) is 16.5. The third kappa shape index (κ3) is 2.02. The van der Waals surface area contributed by atoms with Gasteiger partial charge in [-0.1, -0.05) is 25.4 Å². The number of H-pyrrole nitrogens is 1. The molecule has 0 fully saturated rings. The van der Waals surface area contributed by atoms with E-state index in [1.54, 1.807) is 0 Å². The Morgan fingerprint density at radius 3 is 2.69 bits per heavy atom. The number of hydrogen-bond donors (Lipinski definition) is 3. The van der Waals surface area contributed by atoms with Crippen LogP contribution in [0.1, 0.15) is 37.1 Å². The Bertz CT molecular complexity index is 285. The van der Waals surface area contributed by atoms with E-state index < -0.39 is 6.10 Å². The number of nitrogens with one attached hydrogen (secondary N) is 1. The number of halogens is 1. The maximum atomic E-state index is 9.56. The molecular formula is C8H14ClN3O. The first-order chi connectivity index (χ1) is 6.07. The monoisotopic (exact) mass is 203 g/mol. The zero-order chi connectivity index (χ0) is 10.0. The van der Waals surface area contributed by atoms with Gasteiger partial charge in [-0.15, -0.1) is 0 Å². The van der Waals surface area contributed by atoms with Gasteiger partial charge in [-0.05, 0) is 5.92 Å². The van der Waals surface area contributed by atoms with Crippen molar-refractivity contribution in [2.24, 2.45) is 5.73 Å². The Labute approximate surface area is 82.1 Å². The van der Waals surface area contributed by atoms with Crippen LogP contribution < -0.4 is 5.73 Å². The summed E-state index contributed by atoms with van der Waals surface area (Å²) >= 11 is 5.80. The van der Waals surface area contributed by atoms with E-state index in [0.717, 1.165) is 5.69 Å². The molecule has 1 heterocycles. The van der Waals surface area contributed by atoms with Crippen LogP contribution in [0, 0.1) is 0 Å². The molecule has 1 atom stereocenters. The highest BCUT2D eigenvalue weighted by Gasteiger charge is 2.19. The maximum Gasteiger partial charge on any atom is 0.156 e. The molecule has 0 aliphatic heterocycles. The molecule has 0 radical (unpaired) electrons. The second-order valence-corrected chi connectivity index (χ2v) is 3.61. The maximum absolute atomic E-state index is 9.56. The van der Waals surface area contributed by atoms with Gasteiger partial charge in [0.05, 0.1) is 6.10 Å². The summed E-state index contributed by atoms with van der Waals surface area (Å²) in [6.07, 6.45) is -0.733. The highest BCUT2D eigenvalue weighted by atomic mass is 35.5. The zero-order valence-corrected chi connectivity index (χ0v) is 8.47. The minimum Gasteiger partial charge on any atom is -0.387 e. The summed E-state index contributed by atoms with van der Waals surface area (Å²) in [4.78, 5) is 0. The van der Waals surface area contributed by atoms with Crippen LogP contribution in [-0.2, 0) is 0 Å². The van der Waals surface area contributed by atoms with Crippen LogP contribution in [0.25, 0.3) is 0 Å². The molecule has 0 bridgehead atoms. The lowest BCUT2D eigenvalue weighted by atomic mass is 10.0. The van der Waals surface area contributed by atoms with Gasteiger partial charge in [0, 0.05) is 17.8 Å². The highest BCUT2D eigenvalue weighted by Crippen LogP contribution is 2.28. The molecule has 1 rings (SSSR count). The van der Waals surface area contributed by atoms with E-state index >= 15 is 0 Å². The fourth-order valence-electron chi connectivity index (χ4n) is 1.22. The largest absolute Gasteiger partial charge is 0.387 e. The first-order valence-electron chi connectivity index (χ1n) is 4.19. The molecule has 0 aliphatic carbocycles. The number of aromatic amines is 1. The third-order valence-electron chi connectivity index (χ3n) is 1.92. The van der Waals surface area contributed by atoms with Crippen molar-refractivity contribution in [2.45, 2.75) is 25.9 Å². The molecule has 0 saturated carbocycles. The van der Waals surface area contributed by atoms with Gasteiger partial charge in [-0.2, -0.15) is 5.10 Å². The number of aliphatic hydroxyl groups excluding tert-OH is 1. The van der Waals surface area contributed by atoms with E-state index in [1.807, 2.05) is 13.8 Å². The number of nitrogens with two attached hydrogens (primary N) is 1. The second-order valence-electron chi connectivity index (χ2n) is 3.25. The van der Waals surface area contributed by atoms with Crippen molar-refractivity contribution in [3.05, 3.63) is 16.4 Å². The lowest BCUT2D eigenvalue weighted by Gasteiger charge is -2.10. The topological polar surface area (TPSA) is 74.9 Å². The summed E-state index contributed by atoms with van der Waals surface area (Å²) in [5.74, 6) is 0.246. The Morgan fingerprint density at radius 1 is 1.62 bits per heavy atom. The number of aliphatic hydroxyl groups is 1. The molecular weight excluding hydrogens is 190 g/mol. The Morgan fingerprint density at radius 2 is 2.23 bits per heavy atom. The first kappa shape index (κ1) is 10.5. The number of hydrogen-bond acceptors (Lipinski definition) is 3. The van der Waals surface area contributed by atoms with Gasteiger partial charge in [0.1, 0.15) is 0 Å². The van der Waals surface area contributed by atoms with Crippen molar-refractivity contribution < 1.29 is 5.11 Å². The zero-order valence-electron chi connectivity index (χ0n) is 7.71. The second kappa shape index (κ2) is 4.09. The van der Waals surface area contributed by atoms with Crippen LogP contribution in [0.2, 0.25) is 5.15 Å². The quantitative estimate of drug-likeness (QED) is 0.691. The van der Waals surface area contributed by atoms with Crippen molar-refractivity contribution >= 4 is 11.6 Å². The SMILES string of the molecule is CC(C)c1[nH]nc(Cl)c1C(O)CN. The fourth-order valence-corrected chi connectivity index (χ4v) is 1.49. The molecule has 1 unspecified atom stereocenters. The van der Waals surface area contributed by atoms with Crippen LogP contribution in [0.3, 0.4) is 0 Å². The van der Waals surface area contributed by atoms with Gasteiger partial charge in [0.15, 0.2) is 5.15 Å². The lowest BCUT2D eigenvalue weighted by Crippen LogP contribution is -2.13. The predicted octanol–water partition coefficient (Wildman–Crippen LogP) is 1.18. The van der Waals surface area contributed by atoms with Crippen molar-refractivity contribution in [1.82, 2.24) is 10.2 Å². The average Bonchev–Trinajstić information content (AvgIpc) is 2.46. The van der Waals surface area contributed by atoms with E-state index in [0.29, 0.717) is 10.7 Å². The highest BCUT2D eigenvalue weighted by molar-refractivity contribution is 6.30. The predicted molar refractivity (Wildman–Crippen MR) is 51.7 cm³/mol. The van der Waals surface area contributed by atoms with Crippen LogP contribution in [0.15, 0.2) is 0 Å². The smallest absolute Gasteiger partial charge is 0.156 e. The summed E-state index contributed by atoms with van der Waals surface area (Å²) < 4.78 is 0. The molecule has 0 aromatic carbocycles. The lowest BCUT2D eigenvalue weighted by molar-refractivity contribution is 0.185. The Hall–Kier alpha value is -0.580. The summed E-state index contributed by atoms with van der Waals surface area (Å²) in [6.45, 7) is 4.14. The molecule has 0 spiro atoms. The minimum atomic E-state index is -0.733. The molecule has 13 heavy (non-hydrogen) atoms. The van der Waals surface area contributed by atoms with Crippen molar-refractivity contribution in [3.8, 4) is 0 Å². The van der Waals surface area contributed by atoms with E-state index in [2.05, 4.69) is 10.2 Å². The average molecular weight is 204 g/mol. The molecule has 0 amide bonds. The number of rotatable bonds is 3. The first-order valence-corrected chi connectivity index (χ1v) is 4.57. The van der Waals surface area contributed by atoms with E-state index in [-0.39, 0.29) is 12.5 Å². The van der Waals surface area contributed by atoms with Gasteiger partial charge >= 0.3 is 0 Å². The van der Waals surface area contributed by atoms with Crippen LogP contribution in [0.4, 0.5) is 0 Å². The van der Waals surface area contributed by atoms with Gasteiger partial charge in [0.25, 0.3) is 0 Å². The number of aromatic nitrogens is 2. The van der Waals surface area contributed by atoms with Gasteiger partial charge < -0.3 is 10.8 Å². The summed E-state index contributed by atoms with van der Waals surface area (Å²) in [6, 6.07) is 0. The summed E-state index contributed by atoms with van der Waals surface area (Å²) in [7, 11) is 0. The Kier molecular flexibility index (Phi) is 3.30. The normalized spacial score (nSPS) is 13.7. The third-order valence-corrected chi connectivity index (χ3v) is 2.21. The fraction of sp³-hybridized carbons (Fsp3) is 0.625. The minimum absolute atomic E-state index is 0.152. The molecule has 74 valence electrons. The number of nitrogens with zero attached hydrogens (tertiary/aromatic N) is 1. The van der Waals surface area contributed by atoms with Gasteiger partial charge in [-0.25, -0.2) is 0 Å². The molecule has 5 heteroatoms. The van der Waals surface area contributed by atoms with E-state index in [4.69, 9.17) is 17.3 Å². The molecule has 4 N–H and O–H groups in total. The van der Waals surface area contributed by atoms with E-state index in [1.165, 1.54) is 0 Å². The van der Waals surface area contributed by atoms with Gasteiger partial charge in [0.2, 0.25) is 0 Å². The molecule has 0 aliphatic rings. The molecule has 1 aromatic rings. The van der Waals surface area contributed by atoms with Crippen LogP contribution in [-0.4, -0.2) is 21.8 Å². The van der Waals surface area contributed by atoms with Crippen molar-refractivity contribution in [2.75, 3.05) is 6.54 Å².